The Morgan fingerprint density at radius 1 is 0.963 bits per heavy atom. The Hall–Kier alpha value is -2.64. The molecule has 3 rings (SSSR count). The van der Waals surface area contributed by atoms with Gasteiger partial charge in [-0.3, -0.25) is 9.88 Å². The molecular weight excluding hydrogens is 348 g/mol. The van der Waals surface area contributed by atoms with Gasteiger partial charge in [0.1, 0.15) is 0 Å². The van der Waals surface area contributed by atoms with Gasteiger partial charge in [-0.15, -0.1) is 0 Å². The summed E-state index contributed by atoms with van der Waals surface area (Å²) < 4.78 is 28.5. The first kappa shape index (κ1) is 19.1. The molecule has 0 N–H and O–H groups in total. The van der Waals surface area contributed by atoms with E-state index in [0.29, 0.717) is 13.1 Å². The van der Waals surface area contributed by atoms with Crippen LogP contribution < -0.4 is 0 Å². The zero-order valence-electron chi connectivity index (χ0n) is 15.5. The topological polar surface area (TPSA) is 37.2 Å². The highest BCUT2D eigenvalue weighted by Crippen LogP contribution is 2.14. The summed E-state index contributed by atoms with van der Waals surface area (Å²) in [5.41, 5.74) is 2.68. The Morgan fingerprint density at radius 3 is 2.48 bits per heavy atom. The first-order chi connectivity index (χ1) is 13.0. The van der Waals surface area contributed by atoms with E-state index in [9.17, 15) is 8.78 Å². The van der Waals surface area contributed by atoms with Crippen LogP contribution in [0.3, 0.4) is 0 Å². The van der Waals surface area contributed by atoms with Crippen LogP contribution in [0.15, 0.2) is 55.1 Å². The summed E-state index contributed by atoms with van der Waals surface area (Å²) in [5, 5.41) is 4.40. The molecule has 2 aromatic heterocycles. The number of nitrogens with zero attached hydrogens (tertiary/aromatic N) is 5. The largest absolute Gasteiger partial charge is 0.308 e. The standard InChI is InChI=1S/C20H23F2N5/c1-25(2)8-9-26(13-16-5-6-19(21)20(22)10-16)14-17-11-24-27(15-17)18-4-3-7-23-12-18/h3-7,10-12,15H,8-9,13-14H2,1-2H3. The summed E-state index contributed by atoms with van der Waals surface area (Å²) in [4.78, 5) is 8.39. The van der Waals surface area contributed by atoms with Gasteiger partial charge in [0.15, 0.2) is 11.6 Å². The first-order valence-electron chi connectivity index (χ1n) is 8.76. The fourth-order valence-electron chi connectivity index (χ4n) is 2.78. The van der Waals surface area contributed by atoms with Crippen LogP contribution in [0.1, 0.15) is 11.1 Å². The SMILES string of the molecule is CN(C)CCN(Cc1ccc(F)c(F)c1)Cc1cnn(-c2cccnc2)c1. The number of pyridine rings is 1. The van der Waals surface area contributed by atoms with Crippen molar-refractivity contribution in [2.45, 2.75) is 13.1 Å². The van der Waals surface area contributed by atoms with Crippen molar-refractivity contribution in [3.05, 3.63) is 77.9 Å². The lowest BCUT2D eigenvalue weighted by molar-refractivity contribution is 0.226. The quantitative estimate of drug-likeness (QED) is 0.610. The maximum Gasteiger partial charge on any atom is 0.159 e. The molecule has 0 saturated heterocycles. The van der Waals surface area contributed by atoms with Crippen molar-refractivity contribution in [2.75, 3.05) is 27.2 Å². The minimum atomic E-state index is -0.823. The number of likely N-dealkylation sites (N-methyl/N-ethyl adjacent to an activating group) is 1. The summed E-state index contributed by atoms with van der Waals surface area (Å²) in [5.74, 6) is -1.64. The summed E-state index contributed by atoms with van der Waals surface area (Å²) in [7, 11) is 4.02. The minimum Gasteiger partial charge on any atom is -0.308 e. The van der Waals surface area contributed by atoms with Crippen molar-refractivity contribution in [3.63, 3.8) is 0 Å². The lowest BCUT2D eigenvalue weighted by Crippen LogP contribution is -2.31. The lowest BCUT2D eigenvalue weighted by Gasteiger charge is -2.23. The maximum absolute atomic E-state index is 13.5. The molecule has 1 aromatic carbocycles. The molecule has 0 amide bonds. The van der Waals surface area contributed by atoms with E-state index in [1.54, 1.807) is 23.1 Å². The molecule has 0 aliphatic rings. The second-order valence-corrected chi connectivity index (χ2v) is 6.77. The molecule has 7 heteroatoms. The molecule has 0 aliphatic heterocycles. The molecule has 0 aliphatic carbocycles. The van der Waals surface area contributed by atoms with Gasteiger partial charge >= 0.3 is 0 Å². The minimum absolute atomic E-state index is 0.531. The highest BCUT2D eigenvalue weighted by molar-refractivity contribution is 5.27. The summed E-state index contributed by atoms with van der Waals surface area (Å²) in [6, 6.07) is 7.87. The normalized spacial score (nSPS) is 11.5. The van der Waals surface area contributed by atoms with Crippen molar-refractivity contribution in [1.29, 1.82) is 0 Å². The van der Waals surface area contributed by atoms with E-state index in [-0.39, 0.29) is 0 Å². The molecule has 0 radical (unpaired) electrons. The average Bonchev–Trinajstić information content (AvgIpc) is 3.12. The fraction of sp³-hybridized carbons (Fsp3) is 0.300. The monoisotopic (exact) mass is 371 g/mol. The Kier molecular flexibility index (Phi) is 6.26. The Morgan fingerprint density at radius 2 is 1.78 bits per heavy atom. The van der Waals surface area contributed by atoms with Crippen molar-refractivity contribution in [3.8, 4) is 5.69 Å². The number of hydrogen-bond acceptors (Lipinski definition) is 4. The van der Waals surface area contributed by atoms with Crippen LogP contribution >= 0.6 is 0 Å². The van der Waals surface area contributed by atoms with Crippen molar-refractivity contribution >= 4 is 0 Å². The number of benzene rings is 1. The van der Waals surface area contributed by atoms with Gasteiger partial charge in [0.25, 0.3) is 0 Å². The molecule has 27 heavy (non-hydrogen) atoms. The van der Waals surface area contributed by atoms with Crippen LogP contribution in [0.5, 0.6) is 0 Å². The van der Waals surface area contributed by atoms with Crippen molar-refractivity contribution in [2.24, 2.45) is 0 Å². The Balaban J connectivity index is 1.73. The average molecular weight is 371 g/mol. The number of hydrogen-bond donors (Lipinski definition) is 0. The number of halogens is 2. The third-order valence-corrected chi connectivity index (χ3v) is 4.21. The predicted molar refractivity (Wildman–Crippen MR) is 100 cm³/mol. The summed E-state index contributed by atoms with van der Waals surface area (Å²) >= 11 is 0. The van der Waals surface area contributed by atoms with Gasteiger partial charge in [0.05, 0.1) is 18.1 Å². The van der Waals surface area contributed by atoms with Crippen molar-refractivity contribution < 1.29 is 8.78 Å². The molecule has 0 spiro atoms. The third kappa shape index (κ3) is 5.42. The summed E-state index contributed by atoms with van der Waals surface area (Å²) in [6.07, 6.45) is 7.26. The third-order valence-electron chi connectivity index (χ3n) is 4.21. The second-order valence-electron chi connectivity index (χ2n) is 6.77. The molecule has 3 aromatic rings. The van der Waals surface area contributed by atoms with Gasteiger partial charge in [-0.25, -0.2) is 13.5 Å². The number of rotatable bonds is 8. The molecular formula is C20H23F2N5. The molecule has 2 heterocycles. The van der Waals surface area contributed by atoms with Crippen LogP contribution in [0, 0.1) is 11.6 Å². The van der Waals surface area contributed by atoms with Gasteiger partial charge in [-0.05, 0) is 43.9 Å². The maximum atomic E-state index is 13.5. The molecule has 0 bridgehead atoms. The fourth-order valence-corrected chi connectivity index (χ4v) is 2.78. The number of aromatic nitrogens is 3. The van der Waals surface area contributed by atoms with E-state index in [4.69, 9.17) is 0 Å². The van der Waals surface area contributed by atoms with Crippen LogP contribution in [-0.2, 0) is 13.1 Å². The highest BCUT2D eigenvalue weighted by atomic mass is 19.2. The molecule has 142 valence electrons. The van der Waals surface area contributed by atoms with Crippen molar-refractivity contribution in [1.82, 2.24) is 24.6 Å². The molecule has 0 unspecified atom stereocenters. The van der Waals surface area contributed by atoms with E-state index in [1.165, 1.54) is 12.1 Å². The Labute approximate surface area is 157 Å². The predicted octanol–water partition coefficient (Wildman–Crippen LogP) is 3.11. The van der Waals surface area contributed by atoms with Crippen LogP contribution in [0.2, 0.25) is 0 Å². The lowest BCUT2D eigenvalue weighted by atomic mass is 10.2. The highest BCUT2D eigenvalue weighted by Gasteiger charge is 2.12. The van der Waals surface area contributed by atoms with E-state index in [2.05, 4.69) is 19.9 Å². The van der Waals surface area contributed by atoms with Gasteiger partial charge in [0.2, 0.25) is 0 Å². The smallest absolute Gasteiger partial charge is 0.159 e. The van der Waals surface area contributed by atoms with Gasteiger partial charge in [-0.2, -0.15) is 5.10 Å². The Bertz CT molecular complexity index is 864. The molecule has 0 saturated carbocycles. The van der Waals surface area contributed by atoms with Gasteiger partial charge in [-0.1, -0.05) is 6.07 Å². The van der Waals surface area contributed by atoms with E-state index in [1.807, 2.05) is 38.6 Å². The first-order valence-corrected chi connectivity index (χ1v) is 8.76. The van der Waals surface area contributed by atoms with Gasteiger partial charge < -0.3 is 4.90 Å². The molecule has 5 nitrogen and oxygen atoms in total. The second kappa shape index (κ2) is 8.83. The van der Waals surface area contributed by atoms with Crippen LogP contribution in [-0.4, -0.2) is 51.7 Å². The molecule has 0 atom stereocenters. The van der Waals surface area contributed by atoms with E-state index in [0.717, 1.165) is 29.9 Å². The van der Waals surface area contributed by atoms with Crippen LogP contribution in [0.25, 0.3) is 5.69 Å². The van der Waals surface area contributed by atoms with Crippen LogP contribution in [0.4, 0.5) is 8.78 Å². The molecule has 0 fully saturated rings. The summed E-state index contributed by atoms with van der Waals surface area (Å²) in [6.45, 7) is 2.85. The van der Waals surface area contributed by atoms with E-state index < -0.39 is 11.6 Å². The van der Waals surface area contributed by atoms with Gasteiger partial charge in [0, 0.05) is 44.1 Å². The van der Waals surface area contributed by atoms with E-state index >= 15 is 0 Å². The zero-order valence-corrected chi connectivity index (χ0v) is 15.5. The zero-order chi connectivity index (χ0) is 19.2.